The minimum atomic E-state index is 0.404. The number of nitriles is 2. The van der Waals surface area contributed by atoms with E-state index in [2.05, 4.69) is 47.2 Å². The van der Waals surface area contributed by atoms with Crippen LogP contribution in [-0.2, 0) is 0 Å². The van der Waals surface area contributed by atoms with Crippen molar-refractivity contribution < 1.29 is 4.74 Å². The van der Waals surface area contributed by atoms with E-state index < -0.39 is 0 Å². The zero-order valence-corrected chi connectivity index (χ0v) is 17.1. The van der Waals surface area contributed by atoms with Crippen LogP contribution in [0.1, 0.15) is 41.8 Å². The van der Waals surface area contributed by atoms with Crippen LogP contribution < -0.4 is 9.64 Å². The summed E-state index contributed by atoms with van der Waals surface area (Å²) in [5, 5.41) is 27.5. The van der Waals surface area contributed by atoms with Crippen LogP contribution in [0.3, 0.4) is 0 Å². The van der Waals surface area contributed by atoms with Gasteiger partial charge in [0, 0.05) is 19.2 Å². The van der Waals surface area contributed by atoms with Gasteiger partial charge in [0.25, 0.3) is 0 Å². The highest BCUT2D eigenvalue weighted by atomic mass is 32.1. The van der Waals surface area contributed by atoms with Gasteiger partial charge in [0.2, 0.25) is 0 Å². The molecule has 140 valence electrons. The fraction of sp³-hybridized carbons (Fsp3) is 0.400. The first-order valence-electron chi connectivity index (χ1n) is 8.79. The van der Waals surface area contributed by atoms with E-state index in [0.717, 1.165) is 36.5 Å². The first-order chi connectivity index (χ1) is 13.0. The van der Waals surface area contributed by atoms with E-state index >= 15 is 0 Å². The second kappa shape index (κ2) is 9.16. The number of methoxy groups -OCH3 is 1. The van der Waals surface area contributed by atoms with Crippen molar-refractivity contribution in [3.8, 4) is 17.9 Å². The molecule has 0 saturated heterocycles. The third-order valence-electron chi connectivity index (χ3n) is 4.30. The van der Waals surface area contributed by atoms with E-state index in [0.29, 0.717) is 26.7 Å². The molecule has 0 unspecified atom stereocenters. The molecule has 0 spiro atoms. The van der Waals surface area contributed by atoms with Gasteiger partial charge < -0.3 is 9.64 Å². The van der Waals surface area contributed by atoms with Crippen molar-refractivity contribution >= 4 is 27.7 Å². The summed E-state index contributed by atoms with van der Waals surface area (Å²) in [5.74, 6) is 0.741. The maximum atomic E-state index is 9.34. The standard InChI is InChI=1S/C20H23N5OS/c1-6-8-25(7-2)17-9-13(3)16(10-18(17)26-5)23-24-20-15(11-21)14(4)19(12-22)27-20/h9-10H,6-8H2,1-5H3. The largest absolute Gasteiger partial charge is 0.495 e. The van der Waals surface area contributed by atoms with Crippen molar-refractivity contribution in [2.75, 3.05) is 25.1 Å². The Morgan fingerprint density at radius 1 is 1.15 bits per heavy atom. The maximum absolute atomic E-state index is 9.34. The van der Waals surface area contributed by atoms with Crippen LogP contribution in [0.5, 0.6) is 5.75 Å². The molecule has 0 saturated carbocycles. The highest BCUT2D eigenvalue weighted by Crippen LogP contribution is 2.38. The van der Waals surface area contributed by atoms with Crippen molar-refractivity contribution in [3.05, 3.63) is 33.7 Å². The number of rotatable bonds is 7. The Morgan fingerprint density at radius 3 is 2.44 bits per heavy atom. The Bertz CT molecular complexity index is 933. The monoisotopic (exact) mass is 381 g/mol. The van der Waals surface area contributed by atoms with Crippen LogP contribution >= 0.6 is 11.3 Å². The lowest BCUT2D eigenvalue weighted by atomic mass is 10.1. The number of hydrogen-bond acceptors (Lipinski definition) is 7. The molecule has 0 fully saturated rings. The zero-order chi connectivity index (χ0) is 20.0. The Hall–Kier alpha value is -2.90. The van der Waals surface area contributed by atoms with Gasteiger partial charge in [-0.25, -0.2) is 0 Å². The summed E-state index contributed by atoms with van der Waals surface area (Å²) < 4.78 is 5.57. The van der Waals surface area contributed by atoms with Gasteiger partial charge in [-0.1, -0.05) is 6.92 Å². The molecule has 0 amide bonds. The predicted octanol–water partition coefficient (Wildman–Crippen LogP) is 5.77. The summed E-state index contributed by atoms with van der Waals surface area (Å²) >= 11 is 1.18. The lowest BCUT2D eigenvalue weighted by Gasteiger charge is -2.25. The molecule has 0 aliphatic rings. The second-order valence-corrected chi connectivity index (χ2v) is 7.05. The predicted molar refractivity (Wildman–Crippen MR) is 109 cm³/mol. The quantitative estimate of drug-likeness (QED) is 0.570. The number of azo groups is 1. The van der Waals surface area contributed by atoms with E-state index in [1.807, 2.05) is 13.0 Å². The molecule has 0 aliphatic heterocycles. The second-order valence-electron chi connectivity index (χ2n) is 6.05. The molecular weight excluding hydrogens is 358 g/mol. The lowest BCUT2D eigenvalue weighted by molar-refractivity contribution is 0.414. The number of aryl methyl sites for hydroxylation is 1. The third-order valence-corrected chi connectivity index (χ3v) is 5.38. The molecule has 0 bridgehead atoms. The summed E-state index contributed by atoms with van der Waals surface area (Å²) in [5.41, 5.74) is 3.74. The number of nitrogens with zero attached hydrogens (tertiary/aromatic N) is 5. The normalized spacial score (nSPS) is 10.6. The van der Waals surface area contributed by atoms with Crippen LogP contribution in [0, 0.1) is 36.5 Å². The Balaban J connectivity index is 2.45. The topological polar surface area (TPSA) is 84.8 Å². The van der Waals surface area contributed by atoms with E-state index in [1.165, 1.54) is 11.3 Å². The summed E-state index contributed by atoms with van der Waals surface area (Å²) in [6, 6.07) is 8.13. The molecule has 27 heavy (non-hydrogen) atoms. The van der Waals surface area contributed by atoms with Crippen molar-refractivity contribution in [3.63, 3.8) is 0 Å². The minimum Gasteiger partial charge on any atom is -0.495 e. The zero-order valence-electron chi connectivity index (χ0n) is 16.3. The van der Waals surface area contributed by atoms with Crippen molar-refractivity contribution in [1.29, 1.82) is 10.5 Å². The molecule has 1 aromatic heterocycles. The average molecular weight is 382 g/mol. The summed E-state index contributed by atoms with van der Waals surface area (Å²) in [7, 11) is 1.64. The minimum absolute atomic E-state index is 0.404. The van der Waals surface area contributed by atoms with Gasteiger partial charge in [0.05, 0.1) is 24.0 Å². The van der Waals surface area contributed by atoms with Gasteiger partial charge in [-0.2, -0.15) is 10.5 Å². The molecule has 0 aliphatic carbocycles. The number of thiophene rings is 1. The van der Waals surface area contributed by atoms with Crippen molar-refractivity contribution in [1.82, 2.24) is 0 Å². The van der Waals surface area contributed by atoms with E-state index in [1.54, 1.807) is 14.0 Å². The van der Waals surface area contributed by atoms with Crippen LogP contribution in [0.2, 0.25) is 0 Å². The lowest BCUT2D eigenvalue weighted by Crippen LogP contribution is -2.24. The molecular formula is C20H23N5OS. The van der Waals surface area contributed by atoms with Crippen LogP contribution in [0.4, 0.5) is 16.4 Å². The van der Waals surface area contributed by atoms with Crippen LogP contribution in [0.25, 0.3) is 0 Å². The Labute approximate surface area is 164 Å². The first kappa shape index (κ1) is 20.4. The van der Waals surface area contributed by atoms with Crippen LogP contribution in [-0.4, -0.2) is 20.2 Å². The van der Waals surface area contributed by atoms with E-state index in [9.17, 15) is 5.26 Å². The summed E-state index contributed by atoms with van der Waals surface area (Å²) in [4.78, 5) is 2.76. The highest BCUT2D eigenvalue weighted by molar-refractivity contribution is 7.16. The molecule has 6 nitrogen and oxygen atoms in total. The van der Waals surface area contributed by atoms with Gasteiger partial charge in [0.15, 0.2) is 5.00 Å². The van der Waals surface area contributed by atoms with Gasteiger partial charge in [-0.05, 0) is 44.4 Å². The van der Waals surface area contributed by atoms with Gasteiger partial charge >= 0.3 is 0 Å². The number of ether oxygens (including phenoxy) is 1. The average Bonchev–Trinajstić information content (AvgIpc) is 2.99. The smallest absolute Gasteiger partial charge is 0.158 e. The van der Waals surface area contributed by atoms with E-state index in [-0.39, 0.29) is 0 Å². The highest BCUT2D eigenvalue weighted by Gasteiger charge is 2.16. The molecule has 7 heteroatoms. The van der Waals surface area contributed by atoms with Gasteiger partial charge in [0.1, 0.15) is 22.8 Å². The molecule has 0 atom stereocenters. The van der Waals surface area contributed by atoms with Gasteiger partial charge in [-0.15, -0.1) is 21.6 Å². The molecule has 1 aromatic carbocycles. The molecule has 0 N–H and O–H groups in total. The summed E-state index contributed by atoms with van der Waals surface area (Å²) in [6.45, 7) is 9.83. The fourth-order valence-corrected chi connectivity index (χ4v) is 3.68. The number of hydrogen-bond donors (Lipinski definition) is 0. The SMILES string of the molecule is CCCN(CC)c1cc(C)c(N=Nc2sc(C#N)c(C)c2C#N)cc1OC. The molecule has 2 rings (SSSR count). The number of anilines is 1. The Morgan fingerprint density at radius 2 is 1.89 bits per heavy atom. The maximum Gasteiger partial charge on any atom is 0.158 e. The fourth-order valence-electron chi connectivity index (χ4n) is 2.81. The van der Waals surface area contributed by atoms with E-state index in [4.69, 9.17) is 10.00 Å². The Kier molecular flexibility index (Phi) is 6.92. The summed E-state index contributed by atoms with van der Waals surface area (Å²) in [6.07, 6.45) is 1.05. The first-order valence-corrected chi connectivity index (χ1v) is 9.61. The van der Waals surface area contributed by atoms with Crippen LogP contribution in [0.15, 0.2) is 22.4 Å². The molecule has 1 heterocycles. The van der Waals surface area contributed by atoms with Gasteiger partial charge in [-0.3, -0.25) is 0 Å². The molecule has 0 radical (unpaired) electrons. The molecule has 2 aromatic rings. The van der Waals surface area contributed by atoms with Crippen molar-refractivity contribution in [2.24, 2.45) is 10.2 Å². The third kappa shape index (κ3) is 4.27. The van der Waals surface area contributed by atoms with Crippen molar-refractivity contribution in [2.45, 2.75) is 34.1 Å². The number of benzene rings is 1.